The van der Waals surface area contributed by atoms with Gasteiger partial charge in [0.1, 0.15) is 18.2 Å². The molecule has 1 aliphatic rings. The topological polar surface area (TPSA) is 66.9 Å². The average Bonchev–Trinajstić information content (AvgIpc) is 3.03. The van der Waals surface area contributed by atoms with Crippen LogP contribution in [-0.2, 0) is 0 Å². The number of imide groups is 1. The van der Waals surface area contributed by atoms with Gasteiger partial charge in [0, 0.05) is 11.3 Å². The third kappa shape index (κ3) is 3.90. The first-order valence-electron chi connectivity index (χ1n) is 9.75. The Kier molecular flexibility index (Phi) is 5.49. The van der Waals surface area contributed by atoms with Crippen LogP contribution >= 0.6 is 0 Å². The van der Waals surface area contributed by atoms with Crippen molar-refractivity contribution in [2.45, 2.75) is 6.92 Å². The summed E-state index contributed by atoms with van der Waals surface area (Å²) in [6, 6.07) is 18.4. The molecule has 0 saturated carbocycles. The molecule has 3 aromatic rings. The lowest BCUT2D eigenvalue weighted by atomic mass is 10.1. The zero-order valence-corrected chi connectivity index (χ0v) is 16.7. The molecule has 1 aliphatic heterocycles. The number of nitrogens with zero attached hydrogens (tertiary/aromatic N) is 2. The highest BCUT2D eigenvalue weighted by Crippen LogP contribution is 2.26. The summed E-state index contributed by atoms with van der Waals surface area (Å²) in [6.45, 7) is 2.07. The molecule has 31 heavy (non-hydrogen) atoms. The summed E-state index contributed by atoms with van der Waals surface area (Å²) >= 11 is 0. The van der Waals surface area contributed by atoms with Crippen LogP contribution in [0, 0.1) is 5.82 Å². The number of hydrogen-bond acceptors (Lipinski definition) is 4. The fraction of sp³-hybridized carbons (Fsp3) is 0.125. The number of benzene rings is 3. The predicted octanol–water partition coefficient (Wildman–Crippen LogP) is 4.12. The number of ether oxygens (including phenoxy) is 1. The summed E-state index contributed by atoms with van der Waals surface area (Å²) in [5.74, 6) is -1.25. The molecule has 4 rings (SSSR count). The summed E-state index contributed by atoms with van der Waals surface area (Å²) in [5.41, 5.74) is 1.29. The molecule has 6 nitrogen and oxygen atoms in total. The average molecular weight is 418 g/mol. The predicted molar refractivity (Wildman–Crippen MR) is 113 cm³/mol. The number of hydrogen-bond donors (Lipinski definition) is 0. The molecule has 0 fully saturated rings. The monoisotopic (exact) mass is 418 g/mol. The van der Waals surface area contributed by atoms with Gasteiger partial charge in [0.2, 0.25) is 0 Å². The van der Waals surface area contributed by atoms with Crippen molar-refractivity contribution < 1.29 is 23.5 Å². The zero-order valence-electron chi connectivity index (χ0n) is 16.7. The van der Waals surface area contributed by atoms with Crippen molar-refractivity contribution in [3.05, 3.63) is 95.3 Å². The lowest BCUT2D eigenvalue weighted by Crippen LogP contribution is -2.44. The first-order valence-corrected chi connectivity index (χ1v) is 9.75. The van der Waals surface area contributed by atoms with Gasteiger partial charge in [-0.1, -0.05) is 12.1 Å². The molecule has 0 saturated heterocycles. The Labute approximate surface area is 178 Å². The van der Waals surface area contributed by atoms with Gasteiger partial charge in [0.25, 0.3) is 17.7 Å². The minimum absolute atomic E-state index is 0.229. The number of carbonyl (C=O) groups is 3. The maximum Gasteiger partial charge on any atom is 0.263 e. The number of rotatable bonds is 6. The van der Waals surface area contributed by atoms with E-state index in [9.17, 15) is 18.8 Å². The molecule has 0 bridgehead atoms. The van der Waals surface area contributed by atoms with Gasteiger partial charge in [-0.3, -0.25) is 24.2 Å². The van der Waals surface area contributed by atoms with Crippen molar-refractivity contribution in [3.8, 4) is 5.75 Å². The lowest BCUT2D eigenvalue weighted by Gasteiger charge is -2.27. The third-order valence-corrected chi connectivity index (χ3v) is 4.96. The maximum atomic E-state index is 13.3. The molecule has 156 valence electrons. The van der Waals surface area contributed by atoms with E-state index in [1.54, 1.807) is 48.5 Å². The van der Waals surface area contributed by atoms with Crippen molar-refractivity contribution in [1.29, 1.82) is 0 Å². The van der Waals surface area contributed by atoms with E-state index in [1.165, 1.54) is 29.2 Å². The molecule has 1 heterocycles. The van der Waals surface area contributed by atoms with Gasteiger partial charge in [0.15, 0.2) is 0 Å². The fourth-order valence-electron chi connectivity index (χ4n) is 3.41. The van der Waals surface area contributed by atoms with Crippen LogP contribution in [0.4, 0.5) is 10.1 Å². The van der Waals surface area contributed by atoms with Crippen molar-refractivity contribution in [2.75, 3.05) is 18.2 Å². The van der Waals surface area contributed by atoms with Gasteiger partial charge >= 0.3 is 0 Å². The van der Waals surface area contributed by atoms with Crippen molar-refractivity contribution >= 4 is 23.4 Å². The minimum Gasteiger partial charge on any atom is -0.494 e. The molecular formula is C24H19FN2O4. The second-order valence-electron chi connectivity index (χ2n) is 6.89. The molecule has 7 heteroatoms. The van der Waals surface area contributed by atoms with Gasteiger partial charge in [-0.25, -0.2) is 4.39 Å². The Balaban J connectivity index is 1.69. The Morgan fingerprint density at radius 3 is 2.03 bits per heavy atom. The fourth-order valence-corrected chi connectivity index (χ4v) is 3.41. The highest BCUT2D eigenvalue weighted by Gasteiger charge is 2.37. The molecular weight excluding hydrogens is 399 g/mol. The normalized spacial score (nSPS) is 12.6. The van der Waals surface area contributed by atoms with Gasteiger partial charge in [-0.2, -0.15) is 0 Å². The first kappa shape index (κ1) is 20.3. The quantitative estimate of drug-likeness (QED) is 0.565. The number of carbonyl (C=O) groups excluding carboxylic acids is 3. The van der Waals surface area contributed by atoms with Crippen LogP contribution in [0.2, 0.25) is 0 Å². The summed E-state index contributed by atoms with van der Waals surface area (Å²) in [5, 5.41) is 0. The van der Waals surface area contributed by atoms with E-state index in [0.29, 0.717) is 29.2 Å². The third-order valence-electron chi connectivity index (χ3n) is 4.96. The zero-order chi connectivity index (χ0) is 22.0. The lowest BCUT2D eigenvalue weighted by molar-refractivity contribution is 0.0650. The van der Waals surface area contributed by atoms with E-state index in [1.807, 2.05) is 6.92 Å². The summed E-state index contributed by atoms with van der Waals surface area (Å²) in [7, 11) is 0. The maximum absolute atomic E-state index is 13.3. The molecule has 0 atom stereocenters. The number of halogens is 1. The Morgan fingerprint density at radius 2 is 1.48 bits per heavy atom. The van der Waals surface area contributed by atoms with Crippen LogP contribution in [0.15, 0.2) is 72.8 Å². The van der Waals surface area contributed by atoms with Crippen LogP contribution in [0.5, 0.6) is 5.75 Å². The van der Waals surface area contributed by atoms with Gasteiger partial charge < -0.3 is 4.74 Å². The van der Waals surface area contributed by atoms with E-state index in [4.69, 9.17) is 4.74 Å². The Bertz CT molecular complexity index is 1110. The van der Waals surface area contributed by atoms with E-state index in [0.717, 1.165) is 4.90 Å². The van der Waals surface area contributed by atoms with E-state index >= 15 is 0 Å². The number of anilines is 1. The minimum atomic E-state index is -0.472. The van der Waals surface area contributed by atoms with Gasteiger partial charge in [-0.15, -0.1) is 0 Å². The molecule has 0 radical (unpaired) electrons. The molecule has 0 aromatic heterocycles. The standard InChI is InChI=1S/C24H19FN2O4/c1-2-31-19-13-11-18(12-14-19)26(22(28)16-7-9-17(25)10-8-16)15-27-23(29)20-5-3-4-6-21(20)24(27)30/h3-14H,2,15H2,1H3. The van der Waals surface area contributed by atoms with E-state index in [2.05, 4.69) is 0 Å². The van der Waals surface area contributed by atoms with Crippen LogP contribution in [-0.4, -0.2) is 35.9 Å². The Hall–Kier alpha value is -4.00. The number of amides is 3. The molecule has 0 aliphatic carbocycles. The van der Waals surface area contributed by atoms with Gasteiger partial charge in [-0.05, 0) is 67.6 Å². The SMILES string of the molecule is CCOc1ccc(N(CN2C(=O)c3ccccc3C2=O)C(=O)c2ccc(F)cc2)cc1. The molecule has 0 unspecified atom stereocenters. The summed E-state index contributed by atoms with van der Waals surface area (Å²) < 4.78 is 18.8. The second-order valence-corrected chi connectivity index (χ2v) is 6.89. The largest absolute Gasteiger partial charge is 0.494 e. The summed E-state index contributed by atoms with van der Waals surface area (Å²) in [6.07, 6.45) is 0. The van der Waals surface area contributed by atoms with E-state index in [-0.39, 0.29) is 12.2 Å². The van der Waals surface area contributed by atoms with Crippen LogP contribution in [0.3, 0.4) is 0 Å². The highest BCUT2D eigenvalue weighted by molar-refractivity contribution is 6.22. The molecule has 0 N–H and O–H groups in total. The van der Waals surface area contributed by atoms with E-state index < -0.39 is 23.5 Å². The van der Waals surface area contributed by atoms with Crippen molar-refractivity contribution in [1.82, 2.24) is 4.90 Å². The molecule has 3 amide bonds. The first-order chi connectivity index (χ1) is 15.0. The second kappa shape index (κ2) is 8.39. The van der Waals surface area contributed by atoms with Crippen LogP contribution in [0.25, 0.3) is 0 Å². The number of fused-ring (bicyclic) bond motifs is 1. The smallest absolute Gasteiger partial charge is 0.263 e. The van der Waals surface area contributed by atoms with Crippen LogP contribution < -0.4 is 9.64 Å². The van der Waals surface area contributed by atoms with Crippen molar-refractivity contribution in [3.63, 3.8) is 0 Å². The summed E-state index contributed by atoms with van der Waals surface area (Å²) in [4.78, 5) is 41.2. The van der Waals surface area contributed by atoms with Crippen molar-refractivity contribution in [2.24, 2.45) is 0 Å². The molecule has 0 spiro atoms. The molecule has 3 aromatic carbocycles. The van der Waals surface area contributed by atoms with Crippen LogP contribution in [0.1, 0.15) is 38.0 Å². The Morgan fingerprint density at radius 1 is 0.903 bits per heavy atom. The highest BCUT2D eigenvalue weighted by atomic mass is 19.1. The van der Waals surface area contributed by atoms with Gasteiger partial charge in [0.05, 0.1) is 17.7 Å².